The zero-order valence-corrected chi connectivity index (χ0v) is 18.4. The molecule has 4 rings (SSSR count). The third-order valence-electron chi connectivity index (χ3n) is 5.49. The number of hydrogen-bond donors (Lipinski definition) is 2. The SMILES string of the molecule is O=C(c1ccccc1)c1ccccc1Nc1nc(NCCCN2CCCC2=O)ncc1[N+](=O)[O-]. The monoisotopic (exact) mass is 460 g/mol. The molecule has 0 radical (unpaired) electrons. The molecule has 1 fully saturated rings. The van der Waals surface area contributed by atoms with Gasteiger partial charge in [-0.15, -0.1) is 0 Å². The van der Waals surface area contributed by atoms with Crippen LogP contribution >= 0.6 is 0 Å². The van der Waals surface area contributed by atoms with Crippen molar-refractivity contribution in [2.24, 2.45) is 0 Å². The Morgan fingerprint density at radius 1 is 1.12 bits per heavy atom. The summed E-state index contributed by atoms with van der Waals surface area (Å²) in [5.41, 5.74) is 0.964. The van der Waals surface area contributed by atoms with Gasteiger partial charge in [-0.1, -0.05) is 42.5 Å². The number of likely N-dealkylation sites (tertiary alicyclic amines) is 1. The fraction of sp³-hybridized carbons (Fsp3) is 0.250. The molecule has 10 heteroatoms. The Morgan fingerprint density at radius 2 is 1.88 bits per heavy atom. The van der Waals surface area contributed by atoms with E-state index in [9.17, 15) is 19.7 Å². The van der Waals surface area contributed by atoms with Gasteiger partial charge in [0, 0.05) is 37.2 Å². The molecular weight excluding hydrogens is 436 g/mol. The molecule has 0 saturated carbocycles. The van der Waals surface area contributed by atoms with Gasteiger partial charge >= 0.3 is 5.69 Å². The number of nitrogens with one attached hydrogen (secondary N) is 2. The number of nitrogens with zero attached hydrogens (tertiary/aromatic N) is 4. The molecule has 10 nitrogen and oxygen atoms in total. The second kappa shape index (κ2) is 10.5. The molecule has 2 aromatic carbocycles. The molecule has 0 aliphatic carbocycles. The molecule has 174 valence electrons. The number of rotatable bonds is 10. The van der Waals surface area contributed by atoms with Gasteiger partial charge in [0.05, 0.1) is 10.6 Å². The minimum Gasteiger partial charge on any atom is -0.354 e. The molecule has 1 aliphatic rings. The minimum absolute atomic E-state index is 0.0227. The summed E-state index contributed by atoms with van der Waals surface area (Å²) >= 11 is 0. The smallest absolute Gasteiger partial charge is 0.329 e. The van der Waals surface area contributed by atoms with Crippen molar-refractivity contribution in [2.75, 3.05) is 30.3 Å². The van der Waals surface area contributed by atoms with Crippen LogP contribution in [0.2, 0.25) is 0 Å². The fourth-order valence-electron chi connectivity index (χ4n) is 3.76. The number of ketones is 1. The third-order valence-corrected chi connectivity index (χ3v) is 5.49. The summed E-state index contributed by atoms with van der Waals surface area (Å²) < 4.78 is 0. The van der Waals surface area contributed by atoms with Crippen molar-refractivity contribution in [3.63, 3.8) is 0 Å². The van der Waals surface area contributed by atoms with Crippen molar-refractivity contribution in [3.05, 3.63) is 82.0 Å². The van der Waals surface area contributed by atoms with Crippen LogP contribution in [0.1, 0.15) is 35.2 Å². The van der Waals surface area contributed by atoms with E-state index >= 15 is 0 Å². The van der Waals surface area contributed by atoms with Gasteiger partial charge in [-0.2, -0.15) is 4.98 Å². The molecular formula is C24H24N6O4. The summed E-state index contributed by atoms with van der Waals surface area (Å²) in [6.07, 6.45) is 3.32. The van der Waals surface area contributed by atoms with Crippen LogP contribution in [0.3, 0.4) is 0 Å². The maximum atomic E-state index is 13.0. The number of carbonyl (C=O) groups excluding carboxylic acids is 2. The lowest BCUT2D eigenvalue weighted by Gasteiger charge is -2.15. The zero-order valence-electron chi connectivity index (χ0n) is 18.4. The summed E-state index contributed by atoms with van der Waals surface area (Å²) in [7, 11) is 0. The normalized spacial score (nSPS) is 13.1. The Morgan fingerprint density at radius 3 is 2.62 bits per heavy atom. The lowest BCUT2D eigenvalue weighted by atomic mass is 10.0. The molecule has 0 bridgehead atoms. The molecule has 1 amide bonds. The summed E-state index contributed by atoms with van der Waals surface area (Å²) in [6.45, 7) is 1.92. The van der Waals surface area contributed by atoms with E-state index in [1.165, 1.54) is 0 Å². The highest BCUT2D eigenvalue weighted by Gasteiger charge is 2.21. The van der Waals surface area contributed by atoms with Crippen molar-refractivity contribution >= 4 is 34.8 Å². The number of carbonyl (C=O) groups is 2. The molecule has 2 N–H and O–H groups in total. The largest absolute Gasteiger partial charge is 0.354 e. The topological polar surface area (TPSA) is 130 Å². The first kappa shape index (κ1) is 22.8. The third kappa shape index (κ3) is 5.34. The molecule has 0 atom stereocenters. The van der Waals surface area contributed by atoms with Crippen LogP contribution < -0.4 is 10.6 Å². The predicted octanol–water partition coefficient (Wildman–Crippen LogP) is 3.78. The van der Waals surface area contributed by atoms with Gasteiger partial charge in [0.15, 0.2) is 5.78 Å². The first-order chi connectivity index (χ1) is 16.5. The van der Waals surface area contributed by atoms with E-state index in [0.717, 1.165) is 19.2 Å². The summed E-state index contributed by atoms with van der Waals surface area (Å²) in [5, 5.41) is 17.6. The molecule has 3 aromatic rings. The highest BCUT2D eigenvalue weighted by Crippen LogP contribution is 2.28. The molecule has 0 spiro atoms. The lowest BCUT2D eigenvalue weighted by molar-refractivity contribution is -0.384. The Balaban J connectivity index is 1.50. The van der Waals surface area contributed by atoms with Gasteiger partial charge in [0.25, 0.3) is 0 Å². The van der Waals surface area contributed by atoms with Crippen LogP contribution in [0.25, 0.3) is 0 Å². The van der Waals surface area contributed by atoms with E-state index in [4.69, 9.17) is 0 Å². The number of para-hydroxylation sites is 1. The number of amides is 1. The highest BCUT2D eigenvalue weighted by atomic mass is 16.6. The predicted molar refractivity (Wildman–Crippen MR) is 127 cm³/mol. The lowest BCUT2D eigenvalue weighted by Crippen LogP contribution is -2.27. The number of anilines is 3. The van der Waals surface area contributed by atoms with E-state index in [1.807, 2.05) is 11.0 Å². The Hall–Kier alpha value is -4.34. The van der Waals surface area contributed by atoms with Crippen molar-refractivity contribution in [1.29, 1.82) is 0 Å². The van der Waals surface area contributed by atoms with Gasteiger partial charge in [0.1, 0.15) is 6.20 Å². The zero-order chi connectivity index (χ0) is 23.9. The van der Waals surface area contributed by atoms with Gasteiger partial charge in [0.2, 0.25) is 17.7 Å². The number of hydrogen-bond acceptors (Lipinski definition) is 8. The fourth-order valence-corrected chi connectivity index (χ4v) is 3.76. The van der Waals surface area contributed by atoms with Crippen LogP contribution in [0.15, 0.2) is 60.8 Å². The average Bonchev–Trinajstić information content (AvgIpc) is 3.27. The minimum atomic E-state index is -0.577. The van der Waals surface area contributed by atoms with E-state index in [1.54, 1.807) is 48.5 Å². The number of nitro groups is 1. The first-order valence-electron chi connectivity index (χ1n) is 11.0. The summed E-state index contributed by atoms with van der Waals surface area (Å²) in [4.78, 5) is 45.8. The van der Waals surface area contributed by atoms with Crippen LogP contribution in [0.5, 0.6) is 0 Å². The van der Waals surface area contributed by atoms with Crippen molar-refractivity contribution in [1.82, 2.24) is 14.9 Å². The Kier molecular flexibility index (Phi) is 7.07. The molecule has 34 heavy (non-hydrogen) atoms. The average molecular weight is 460 g/mol. The quantitative estimate of drug-likeness (QED) is 0.202. The Bertz CT molecular complexity index is 1200. The second-order valence-corrected chi connectivity index (χ2v) is 7.81. The standard InChI is InChI=1S/C24H24N6O4/c31-21-12-6-14-29(21)15-7-13-25-24-26-16-20(30(33)34)23(28-24)27-19-11-5-4-10-18(19)22(32)17-8-2-1-3-9-17/h1-5,8-11,16H,6-7,12-15H2,(H2,25,26,27,28). The molecule has 1 saturated heterocycles. The van der Waals surface area contributed by atoms with E-state index in [2.05, 4.69) is 20.6 Å². The maximum absolute atomic E-state index is 13.0. The van der Waals surface area contributed by atoms with Crippen LogP contribution in [0.4, 0.5) is 23.1 Å². The summed E-state index contributed by atoms with van der Waals surface area (Å²) in [5.74, 6) is 0.148. The van der Waals surface area contributed by atoms with E-state index < -0.39 is 4.92 Å². The molecule has 0 unspecified atom stereocenters. The first-order valence-corrected chi connectivity index (χ1v) is 11.0. The number of benzene rings is 2. The van der Waals surface area contributed by atoms with Gasteiger partial charge in [-0.25, -0.2) is 4.98 Å². The van der Waals surface area contributed by atoms with E-state index in [0.29, 0.717) is 42.7 Å². The second-order valence-electron chi connectivity index (χ2n) is 7.81. The van der Waals surface area contributed by atoms with Gasteiger partial charge in [-0.05, 0) is 25.0 Å². The molecule has 1 aromatic heterocycles. The highest BCUT2D eigenvalue weighted by molar-refractivity contribution is 6.12. The van der Waals surface area contributed by atoms with Crippen molar-refractivity contribution in [2.45, 2.75) is 19.3 Å². The van der Waals surface area contributed by atoms with Crippen molar-refractivity contribution in [3.8, 4) is 0 Å². The molecule has 2 heterocycles. The van der Waals surface area contributed by atoms with Gasteiger partial charge in [-0.3, -0.25) is 19.7 Å². The van der Waals surface area contributed by atoms with E-state index in [-0.39, 0.29) is 29.1 Å². The van der Waals surface area contributed by atoms with Gasteiger partial charge < -0.3 is 15.5 Å². The summed E-state index contributed by atoms with van der Waals surface area (Å²) in [6, 6.07) is 15.6. The van der Waals surface area contributed by atoms with Crippen LogP contribution in [-0.2, 0) is 4.79 Å². The molecule has 1 aliphatic heterocycles. The van der Waals surface area contributed by atoms with Crippen molar-refractivity contribution < 1.29 is 14.5 Å². The van der Waals surface area contributed by atoms with Crippen LogP contribution in [0, 0.1) is 10.1 Å². The van der Waals surface area contributed by atoms with Crippen LogP contribution in [-0.4, -0.2) is 51.1 Å². The Labute approximate surface area is 196 Å². The number of aromatic nitrogens is 2. The maximum Gasteiger partial charge on any atom is 0.329 e.